The molecule has 0 aliphatic carbocycles. The Labute approximate surface area is 161 Å². The van der Waals surface area contributed by atoms with E-state index < -0.39 is 47.8 Å². The number of nitrogen functional groups attached to an aromatic ring is 1. The first-order valence-corrected chi connectivity index (χ1v) is 7.76. The molecule has 0 radical (unpaired) electrons. The summed E-state index contributed by atoms with van der Waals surface area (Å²) in [5, 5.41) is 2.81. The number of Topliss-reactive ketones (excluding diaryl/α,β-unsaturated/α-hetero) is 1. The van der Waals surface area contributed by atoms with Crippen molar-refractivity contribution in [2.75, 3.05) is 5.73 Å². The number of carbonyl (C=O) groups excluding carboxylic acids is 1. The fourth-order valence-corrected chi connectivity index (χ4v) is 2.36. The van der Waals surface area contributed by atoms with Crippen molar-refractivity contribution in [1.29, 1.82) is 0 Å². The molecule has 0 saturated carbocycles. The molecule has 0 amide bonds. The Morgan fingerprint density at radius 2 is 1.57 bits per heavy atom. The summed E-state index contributed by atoms with van der Waals surface area (Å²) in [6.45, 7) is 0.900. The van der Waals surface area contributed by atoms with E-state index in [1.54, 1.807) is 0 Å². The van der Waals surface area contributed by atoms with Crippen LogP contribution in [-0.2, 0) is 12.5 Å². The van der Waals surface area contributed by atoms with Crippen LogP contribution < -0.4 is 5.73 Å². The Morgan fingerprint density at radius 1 is 1.00 bits per heavy atom. The minimum atomic E-state index is -6.52. The summed E-state index contributed by atoms with van der Waals surface area (Å²) < 4.78 is 130. The topological polar surface area (TPSA) is 60.9 Å². The molecule has 0 bridgehead atoms. The van der Waals surface area contributed by atoms with E-state index in [-0.39, 0.29) is 16.4 Å². The maximum absolute atomic E-state index is 13.7. The van der Waals surface area contributed by atoms with Crippen LogP contribution in [0.15, 0.2) is 24.4 Å². The molecular formula is C16H11F10N3O. The fraction of sp³-hybridized carbons (Fsp3) is 0.375. The van der Waals surface area contributed by atoms with Crippen molar-refractivity contribution in [1.82, 2.24) is 9.78 Å². The largest absolute Gasteiger partial charge is 0.461 e. The van der Waals surface area contributed by atoms with Crippen LogP contribution in [0.5, 0.6) is 0 Å². The van der Waals surface area contributed by atoms with E-state index in [9.17, 15) is 48.7 Å². The molecule has 0 spiro atoms. The smallest absolute Gasteiger partial charge is 0.399 e. The predicted molar refractivity (Wildman–Crippen MR) is 82.2 cm³/mol. The van der Waals surface area contributed by atoms with Gasteiger partial charge in [0.2, 0.25) is 5.78 Å². The summed E-state index contributed by atoms with van der Waals surface area (Å²) >= 11 is 0. The molecule has 2 N–H and O–H groups in total. The van der Waals surface area contributed by atoms with E-state index in [1.165, 1.54) is 25.1 Å². The first kappa shape index (κ1) is 23.5. The average Bonchev–Trinajstić information content (AvgIpc) is 2.99. The van der Waals surface area contributed by atoms with E-state index in [0.717, 1.165) is 0 Å². The van der Waals surface area contributed by atoms with Crippen LogP contribution in [0.2, 0.25) is 0 Å². The van der Waals surface area contributed by atoms with Gasteiger partial charge < -0.3 is 5.73 Å². The van der Waals surface area contributed by atoms with Crippen molar-refractivity contribution in [3.63, 3.8) is 0 Å². The molecule has 4 nitrogen and oxygen atoms in total. The molecule has 0 saturated heterocycles. The molecule has 14 heteroatoms. The number of hydrogen-bond donors (Lipinski definition) is 1. The van der Waals surface area contributed by atoms with Crippen molar-refractivity contribution in [3.8, 4) is 0 Å². The zero-order chi connectivity index (χ0) is 23.3. The third-order valence-electron chi connectivity index (χ3n) is 3.98. The molecule has 1 heterocycles. The highest BCUT2D eigenvalue weighted by Crippen LogP contribution is 2.46. The Balaban J connectivity index is 2.62. The lowest BCUT2D eigenvalue weighted by atomic mass is 10.0. The van der Waals surface area contributed by atoms with Gasteiger partial charge >= 0.3 is 24.2 Å². The molecule has 1 aromatic carbocycles. The van der Waals surface area contributed by atoms with Crippen LogP contribution in [0, 0.1) is 6.92 Å². The maximum atomic E-state index is 13.7. The molecule has 0 fully saturated rings. The SMILES string of the molecule is Cc1cc(Cn2cc(C(=O)C(F)(F)C(F)(F)F)c(C(F)(F)C(F)(F)F)n2)ccc1N. The number of ketones is 1. The molecule has 30 heavy (non-hydrogen) atoms. The van der Waals surface area contributed by atoms with Crippen LogP contribution in [0.3, 0.4) is 0 Å². The molecule has 0 aliphatic heterocycles. The van der Waals surface area contributed by atoms with Gasteiger partial charge in [-0.3, -0.25) is 9.48 Å². The highest BCUT2D eigenvalue weighted by atomic mass is 19.4. The molecule has 166 valence electrons. The van der Waals surface area contributed by atoms with Gasteiger partial charge in [0.15, 0.2) is 5.69 Å². The molecule has 1 aromatic heterocycles. The van der Waals surface area contributed by atoms with Gasteiger partial charge in [0.25, 0.3) is 0 Å². The lowest BCUT2D eigenvalue weighted by molar-refractivity contribution is -0.291. The van der Waals surface area contributed by atoms with E-state index in [4.69, 9.17) is 5.73 Å². The van der Waals surface area contributed by atoms with E-state index in [0.29, 0.717) is 11.3 Å². The number of hydrogen-bond acceptors (Lipinski definition) is 3. The second kappa shape index (κ2) is 7.16. The van der Waals surface area contributed by atoms with Gasteiger partial charge in [-0.2, -0.15) is 49.0 Å². The highest BCUT2D eigenvalue weighted by Gasteiger charge is 2.67. The normalized spacial score (nSPS) is 13.6. The predicted octanol–water partition coefficient (Wildman–Crippen LogP) is 4.86. The van der Waals surface area contributed by atoms with Crippen molar-refractivity contribution in [2.45, 2.75) is 37.7 Å². The average molecular weight is 451 g/mol. The number of nitrogens with two attached hydrogens (primary N) is 1. The number of rotatable bonds is 5. The molecule has 2 aromatic rings. The van der Waals surface area contributed by atoms with Crippen molar-refractivity contribution in [3.05, 3.63) is 46.8 Å². The molecular weight excluding hydrogens is 440 g/mol. The van der Waals surface area contributed by atoms with Gasteiger partial charge in [0.1, 0.15) is 0 Å². The Kier molecular flexibility index (Phi) is 5.60. The summed E-state index contributed by atoms with van der Waals surface area (Å²) in [5.74, 6) is -15.5. The second-order valence-corrected chi connectivity index (χ2v) is 6.25. The fourth-order valence-electron chi connectivity index (χ4n) is 2.36. The van der Waals surface area contributed by atoms with Crippen LogP contribution in [-0.4, -0.2) is 33.8 Å². The number of carbonyl (C=O) groups is 1. The van der Waals surface area contributed by atoms with E-state index in [1.807, 2.05) is 0 Å². The minimum absolute atomic E-state index is 0.0113. The number of nitrogens with zero attached hydrogens (tertiary/aromatic N) is 2. The van der Waals surface area contributed by atoms with Crippen molar-refractivity contribution in [2.24, 2.45) is 0 Å². The van der Waals surface area contributed by atoms with Crippen LogP contribution in [0.25, 0.3) is 0 Å². The lowest BCUT2D eigenvalue weighted by Gasteiger charge is -2.21. The quantitative estimate of drug-likeness (QED) is 0.402. The number of halogens is 10. The van der Waals surface area contributed by atoms with Gasteiger partial charge in [-0.15, -0.1) is 0 Å². The third kappa shape index (κ3) is 4.07. The summed E-state index contributed by atoms with van der Waals surface area (Å²) in [6.07, 6.45) is -12.9. The standard InChI is InChI=1S/C16H11F10N3O/c1-7-4-8(2-3-10(7)27)5-29-6-9(12(30)14(19,20)16(24,25)26)11(28-29)13(17,18)15(21,22)23/h2-4,6H,5,27H2,1H3. The van der Waals surface area contributed by atoms with E-state index >= 15 is 0 Å². The highest BCUT2D eigenvalue weighted by molar-refractivity contribution is 6.02. The summed E-state index contributed by atoms with van der Waals surface area (Å²) in [6, 6.07) is 3.98. The number of alkyl halides is 10. The summed E-state index contributed by atoms with van der Waals surface area (Å²) in [5.41, 5.74) is 1.74. The molecule has 0 unspecified atom stereocenters. The number of anilines is 1. The lowest BCUT2D eigenvalue weighted by Crippen LogP contribution is -2.45. The number of aromatic nitrogens is 2. The minimum Gasteiger partial charge on any atom is -0.399 e. The maximum Gasteiger partial charge on any atom is 0.461 e. The molecule has 0 aliphatic rings. The van der Waals surface area contributed by atoms with Gasteiger partial charge in [-0.25, -0.2) is 0 Å². The Hall–Kier alpha value is -2.80. The third-order valence-corrected chi connectivity index (χ3v) is 3.98. The first-order valence-electron chi connectivity index (χ1n) is 7.76. The van der Waals surface area contributed by atoms with Gasteiger partial charge in [-0.1, -0.05) is 12.1 Å². The van der Waals surface area contributed by atoms with Crippen molar-refractivity contribution >= 4 is 11.5 Å². The first-order chi connectivity index (χ1) is 13.4. The van der Waals surface area contributed by atoms with Crippen molar-refractivity contribution < 1.29 is 48.7 Å². The molecule has 2 rings (SSSR count). The van der Waals surface area contributed by atoms with Crippen LogP contribution >= 0.6 is 0 Å². The van der Waals surface area contributed by atoms with Crippen LogP contribution in [0.1, 0.15) is 27.2 Å². The summed E-state index contributed by atoms with van der Waals surface area (Å²) in [4.78, 5) is 11.6. The monoisotopic (exact) mass is 451 g/mol. The Bertz CT molecular complexity index is 959. The zero-order valence-electron chi connectivity index (χ0n) is 14.7. The van der Waals surface area contributed by atoms with E-state index in [2.05, 4.69) is 5.10 Å². The van der Waals surface area contributed by atoms with Gasteiger partial charge in [0.05, 0.1) is 12.1 Å². The number of benzene rings is 1. The van der Waals surface area contributed by atoms with Gasteiger partial charge in [0, 0.05) is 11.9 Å². The summed E-state index contributed by atoms with van der Waals surface area (Å²) in [7, 11) is 0. The van der Waals surface area contributed by atoms with Crippen LogP contribution in [0.4, 0.5) is 49.6 Å². The van der Waals surface area contributed by atoms with Gasteiger partial charge in [-0.05, 0) is 24.1 Å². The number of aryl methyl sites for hydroxylation is 1. The Morgan fingerprint density at radius 3 is 2.03 bits per heavy atom. The second-order valence-electron chi connectivity index (χ2n) is 6.25. The zero-order valence-corrected chi connectivity index (χ0v) is 14.7. The molecule has 0 atom stereocenters.